The molecule has 2 aliphatic rings. The van der Waals surface area contributed by atoms with Crippen LogP contribution in [0.5, 0.6) is 5.06 Å². The number of hydrogen-bond donors (Lipinski definition) is 0. The predicted molar refractivity (Wildman–Crippen MR) is 100 cm³/mol. The molecule has 160 valence electrons. The van der Waals surface area contributed by atoms with Crippen molar-refractivity contribution in [1.82, 2.24) is 0 Å². The summed E-state index contributed by atoms with van der Waals surface area (Å²) in [5.41, 5.74) is 0.123. The third-order valence-electron chi connectivity index (χ3n) is 4.64. The Hall–Kier alpha value is -3.32. The van der Waals surface area contributed by atoms with E-state index in [0.29, 0.717) is 42.3 Å². The Labute approximate surface area is 177 Å². The second-order valence-electron chi connectivity index (χ2n) is 6.44. The highest BCUT2D eigenvalue weighted by molar-refractivity contribution is 7.12. The molecule has 4 rings (SSSR count). The number of halogens is 5. The lowest BCUT2D eigenvalue weighted by Gasteiger charge is -2.18. The summed E-state index contributed by atoms with van der Waals surface area (Å²) >= 11 is 0.967. The summed E-state index contributed by atoms with van der Waals surface area (Å²) in [6.45, 7) is -0.0731. The summed E-state index contributed by atoms with van der Waals surface area (Å²) in [4.78, 5) is 0. The Morgan fingerprint density at radius 2 is 1.65 bits per heavy atom. The van der Waals surface area contributed by atoms with Gasteiger partial charge in [0.05, 0.1) is 5.56 Å². The molecule has 0 unspecified atom stereocenters. The van der Waals surface area contributed by atoms with Gasteiger partial charge in [-0.05, 0) is 11.6 Å². The van der Waals surface area contributed by atoms with Gasteiger partial charge >= 0.3 is 0 Å². The quantitative estimate of drug-likeness (QED) is 0.349. The molecule has 0 atom stereocenters. The van der Waals surface area contributed by atoms with Crippen LogP contribution in [0.2, 0.25) is 0 Å². The molecule has 0 N–H and O–H groups in total. The van der Waals surface area contributed by atoms with E-state index < -0.39 is 41.3 Å². The average molecular weight is 453 g/mol. The first-order chi connectivity index (χ1) is 14.9. The SMILES string of the molecule is N#Cc1c(C2=CCC3=C(C=C2)OCCO3)csc1OCc1c(F)c(F)c(F)c(F)c1F. The monoisotopic (exact) mass is 453 g/mol. The Morgan fingerprint density at radius 1 is 0.968 bits per heavy atom. The lowest BCUT2D eigenvalue weighted by molar-refractivity contribution is 0.0675. The van der Waals surface area contributed by atoms with Crippen molar-refractivity contribution in [3.63, 3.8) is 0 Å². The number of nitriles is 1. The Balaban J connectivity index is 1.60. The molecule has 0 amide bonds. The van der Waals surface area contributed by atoms with Gasteiger partial charge < -0.3 is 14.2 Å². The fourth-order valence-electron chi connectivity index (χ4n) is 3.08. The predicted octanol–water partition coefficient (Wildman–Crippen LogP) is 5.50. The van der Waals surface area contributed by atoms with E-state index in [2.05, 4.69) is 0 Å². The van der Waals surface area contributed by atoms with Crippen molar-refractivity contribution < 1.29 is 36.2 Å². The normalized spacial score (nSPS) is 15.4. The topological polar surface area (TPSA) is 51.5 Å². The number of hydrogen-bond acceptors (Lipinski definition) is 5. The summed E-state index contributed by atoms with van der Waals surface area (Å²) in [5.74, 6) is -9.05. The molecule has 1 aliphatic carbocycles. The number of rotatable bonds is 4. The van der Waals surface area contributed by atoms with Crippen molar-refractivity contribution >= 4 is 16.9 Å². The van der Waals surface area contributed by atoms with E-state index in [-0.39, 0.29) is 10.6 Å². The van der Waals surface area contributed by atoms with Crippen molar-refractivity contribution in [2.24, 2.45) is 0 Å². The number of thiophene rings is 1. The van der Waals surface area contributed by atoms with Gasteiger partial charge in [-0.2, -0.15) is 5.26 Å². The maximum absolute atomic E-state index is 13.9. The third-order valence-corrected chi connectivity index (χ3v) is 5.53. The summed E-state index contributed by atoms with van der Waals surface area (Å²) in [5, 5.41) is 11.2. The zero-order valence-electron chi connectivity index (χ0n) is 15.6. The molecule has 0 radical (unpaired) electrons. The molecule has 0 fully saturated rings. The lowest BCUT2D eigenvalue weighted by atomic mass is 10.0. The zero-order valence-corrected chi connectivity index (χ0v) is 16.4. The van der Waals surface area contributed by atoms with E-state index in [0.717, 1.165) is 11.3 Å². The number of nitrogens with zero attached hydrogens (tertiary/aromatic N) is 1. The summed E-state index contributed by atoms with van der Waals surface area (Å²) in [6.07, 6.45) is 5.69. The van der Waals surface area contributed by atoms with E-state index in [1.54, 1.807) is 17.5 Å². The molecule has 0 saturated heterocycles. The minimum atomic E-state index is -2.24. The van der Waals surface area contributed by atoms with Crippen LogP contribution in [0.15, 0.2) is 35.1 Å². The van der Waals surface area contributed by atoms with Gasteiger partial charge in [0.25, 0.3) is 0 Å². The van der Waals surface area contributed by atoms with E-state index in [1.165, 1.54) is 0 Å². The van der Waals surface area contributed by atoms with Crippen LogP contribution in [0.4, 0.5) is 22.0 Å². The van der Waals surface area contributed by atoms with Gasteiger partial charge in [-0.3, -0.25) is 0 Å². The second kappa shape index (κ2) is 8.43. The van der Waals surface area contributed by atoms with E-state index in [4.69, 9.17) is 14.2 Å². The molecule has 1 aromatic carbocycles. The number of allylic oxidation sites excluding steroid dienone is 4. The third kappa shape index (κ3) is 3.77. The molecule has 0 bridgehead atoms. The van der Waals surface area contributed by atoms with Gasteiger partial charge in [0.1, 0.15) is 37.2 Å². The minimum Gasteiger partial charge on any atom is -0.490 e. The van der Waals surface area contributed by atoms with Gasteiger partial charge in [0, 0.05) is 17.4 Å². The molecule has 1 aliphatic heterocycles. The van der Waals surface area contributed by atoms with Crippen LogP contribution in [-0.4, -0.2) is 13.2 Å². The summed E-state index contributed by atoms with van der Waals surface area (Å²) in [7, 11) is 0. The zero-order chi connectivity index (χ0) is 22.1. The number of ether oxygens (including phenoxy) is 3. The Bertz CT molecular complexity index is 1160. The first-order valence-electron chi connectivity index (χ1n) is 8.94. The van der Waals surface area contributed by atoms with Gasteiger partial charge in [-0.1, -0.05) is 12.2 Å². The molecule has 0 saturated carbocycles. The fraction of sp³-hybridized carbons (Fsp3) is 0.190. The largest absolute Gasteiger partial charge is 0.490 e. The molecule has 4 nitrogen and oxygen atoms in total. The van der Waals surface area contributed by atoms with E-state index in [1.807, 2.05) is 12.1 Å². The molecular formula is C21H12F5NO3S. The average Bonchev–Trinajstić information content (AvgIpc) is 3.07. The van der Waals surface area contributed by atoms with E-state index in [9.17, 15) is 27.2 Å². The smallest absolute Gasteiger partial charge is 0.200 e. The fourth-order valence-corrected chi connectivity index (χ4v) is 3.96. The molecule has 2 aromatic rings. The van der Waals surface area contributed by atoms with Crippen LogP contribution in [0.25, 0.3) is 5.57 Å². The first-order valence-corrected chi connectivity index (χ1v) is 9.82. The van der Waals surface area contributed by atoms with Crippen molar-refractivity contribution in [1.29, 1.82) is 5.26 Å². The summed E-state index contributed by atoms with van der Waals surface area (Å²) < 4.78 is 84.0. The van der Waals surface area contributed by atoms with Crippen LogP contribution >= 0.6 is 11.3 Å². The van der Waals surface area contributed by atoms with Crippen LogP contribution in [0, 0.1) is 40.4 Å². The number of benzene rings is 1. The van der Waals surface area contributed by atoms with Crippen LogP contribution in [0.3, 0.4) is 0 Å². The Kier molecular flexibility index (Phi) is 5.69. The van der Waals surface area contributed by atoms with Crippen LogP contribution < -0.4 is 4.74 Å². The van der Waals surface area contributed by atoms with Gasteiger partial charge in [0.15, 0.2) is 34.1 Å². The maximum Gasteiger partial charge on any atom is 0.200 e. The molecule has 10 heteroatoms. The van der Waals surface area contributed by atoms with E-state index >= 15 is 0 Å². The maximum atomic E-state index is 13.9. The minimum absolute atomic E-state index is 0.00906. The standard InChI is InChI=1S/C21H12F5NO3S/c22-16-12(17(23)19(25)20(26)18(16)24)8-30-21-11(7-27)13(9-31-21)10-1-3-14-15(4-2-10)29-6-5-28-14/h1-3,9H,4-6,8H2. The van der Waals surface area contributed by atoms with Crippen molar-refractivity contribution in [2.75, 3.05) is 13.2 Å². The summed E-state index contributed by atoms with van der Waals surface area (Å²) in [6, 6.07) is 1.96. The molecule has 31 heavy (non-hydrogen) atoms. The van der Waals surface area contributed by atoms with Crippen molar-refractivity contribution in [3.8, 4) is 11.1 Å². The van der Waals surface area contributed by atoms with Crippen molar-refractivity contribution in [2.45, 2.75) is 13.0 Å². The molecular weight excluding hydrogens is 441 g/mol. The lowest BCUT2D eigenvalue weighted by Crippen LogP contribution is -2.12. The molecule has 0 spiro atoms. The van der Waals surface area contributed by atoms with Crippen LogP contribution in [0.1, 0.15) is 23.1 Å². The molecule has 2 heterocycles. The van der Waals surface area contributed by atoms with Gasteiger partial charge in [-0.25, -0.2) is 22.0 Å². The second-order valence-corrected chi connectivity index (χ2v) is 7.28. The molecule has 1 aromatic heterocycles. The highest BCUT2D eigenvalue weighted by atomic mass is 32.1. The van der Waals surface area contributed by atoms with Gasteiger partial charge in [0.2, 0.25) is 5.82 Å². The highest BCUT2D eigenvalue weighted by Gasteiger charge is 2.27. The van der Waals surface area contributed by atoms with Crippen LogP contribution in [-0.2, 0) is 16.1 Å². The van der Waals surface area contributed by atoms with Crippen molar-refractivity contribution in [3.05, 3.63) is 80.9 Å². The highest BCUT2D eigenvalue weighted by Crippen LogP contribution is 2.37. The first kappa shape index (κ1) is 20.9. The van der Waals surface area contributed by atoms with Gasteiger partial charge in [-0.15, -0.1) is 11.3 Å². The Morgan fingerprint density at radius 3 is 2.35 bits per heavy atom.